The van der Waals surface area contributed by atoms with E-state index >= 15 is 0 Å². The number of aromatic nitrogens is 2. The molecular formula is C16H11FN2O3S. The lowest BCUT2D eigenvalue weighted by atomic mass is 10.1. The molecule has 1 aromatic carbocycles. The van der Waals surface area contributed by atoms with Crippen molar-refractivity contribution >= 4 is 16.3 Å². The number of aldehydes is 1. The first-order valence-corrected chi connectivity index (χ1v) is 8.07. The summed E-state index contributed by atoms with van der Waals surface area (Å²) in [5.74, 6) is -0.614. The molecule has 0 aliphatic rings. The van der Waals surface area contributed by atoms with Crippen LogP contribution < -0.4 is 0 Å². The number of hydrogen-bond donors (Lipinski definition) is 0. The third-order valence-corrected chi connectivity index (χ3v) is 4.99. The molecule has 5 nitrogen and oxygen atoms in total. The Balaban J connectivity index is 2.29. The van der Waals surface area contributed by atoms with E-state index in [9.17, 15) is 17.6 Å². The van der Waals surface area contributed by atoms with E-state index in [1.54, 1.807) is 6.07 Å². The van der Waals surface area contributed by atoms with Crippen molar-refractivity contribution < 1.29 is 17.6 Å². The van der Waals surface area contributed by atoms with Crippen LogP contribution in [0.1, 0.15) is 10.4 Å². The highest BCUT2D eigenvalue weighted by atomic mass is 32.2. The predicted molar refractivity (Wildman–Crippen MR) is 82.0 cm³/mol. The van der Waals surface area contributed by atoms with Gasteiger partial charge in [-0.1, -0.05) is 12.1 Å². The van der Waals surface area contributed by atoms with Gasteiger partial charge < -0.3 is 0 Å². The Bertz CT molecular complexity index is 966. The summed E-state index contributed by atoms with van der Waals surface area (Å²) in [6.45, 7) is 0. The van der Waals surface area contributed by atoms with Gasteiger partial charge in [-0.15, -0.1) is 0 Å². The van der Waals surface area contributed by atoms with Crippen molar-refractivity contribution in [2.45, 2.75) is 4.90 Å². The highest BCUT2D eigenvalue weighted by molar-refractivity contribution is 7.90. The molecule has 23 heavy (non-hydrogen) atoms. The summed E-state index contributed by atoms with van der Waals surface area (Å²) in [6.07, 6.45) is 4.37. The molecule has 0 amide bonds. The minimum Gasteiger partial charge on any atom is -0.298 e. The molecule has 0 unspecified atom stereocenters. The van der Waals surface area contributed by atoms with Crippen LogP contribution in [-0.2, 0) is 10.0 Å². The van der Waals surface area contributed by atoms with E-state index in [-0.39, 0.29) is 21.7 Å². The summed E-state index contributed by atoms with van der Waals surface area (Å²) < 4.78 is 40.5. The number of hydrogen-bond acceptors (Lipinski definition) is 4. The zero-order valence-corrected chi connectivity index (χ0v) is 12.6. The first kappa shape index (κ1) is 15.1. The van der Waals surface area contributed by atoms with Crippen molar-refractivity contribution in [3.05, 3.63) is 72.4 Å². The third kappa shape index (κ3) is 2.55. The van der Waals surface area contributed by atoms with E-state index in [4.69, 9.17) is 0 Å². The van der Waals surface area contributed by atoms with Gasteiger partial charge in [-0.05, 0) is 30.3 Å². The van der Waals surface area contributed by atoms with Gasteiger partial charge in [0.05, 0.1) is 5.69 Å². The molecule has 0 fully saturated rings. The maximum Gasteiger partial charge on any atom is 0.269 e. The maximum absolute atomic E-state index is 14.1. The molecule has 0 saturated heterocycles. The molecule has 2 heterocycles. The number of carbonyl (C=O) groups excluding carboxylic acids is 1. The standard InChI is InChI=1S/C16H11FN2O3S/c17-15-6-2-1-5-14(15)16-12(11-20)7-9-19(16)23(21,22)13-4-3-8-18-10-13/h1-11H. The Morgan fingerprint density at radius 1 is 1.09 bits per heavy atom. The summed E-state index contributed by atoms with van der Waals surface area (Å²) in [4.78, 5) is 15.0. The van der Waals surface area contributed by atoms with Gasteiger partial charge in [-0.25, -0.2) is 16.8 Å². The van der Waals surface area contributed by atoms with Crippen LogP contribution in [0.2, 0.25) is 0 Å². The third-order valence-electron chi connectivity index (χ3n) is 3.33. The Hall–Kier alpha value is -2.80. The Morgan fingerprint density at radius 2 is 1.87 bits per heavy atom. The van der Waals surface area contributed by atoms with Gasteiger partial charge in [0.25, 0.3) is 10.0 Å². The van der Waals surface area contributed by atoms with Crippen molar-refractivity contribution in [1.29, 1.82) is 0 Å². The quantitative estimate of drug-likeness (QED) is 0.690. The summed E-state index contributed by atoms with van der Waals surface area (Å²) >= 11 is 0. The van der Waals surface area contributed by atoms with Crippen LogP contribution in [0.3, 0.4) is 0 Å². The number of rotatable bonds is 4. The zero-order chi connectivity index (χ0) is 16.4. The van der Waals surface area contributed by atoms with Crippen molar-refractivity contribution in [1.82, 2.24) is 8.96 Å². The molecule has 3 rings (SSSR count). The summed E-state index contributed by atoms with van der Waals surface area (Å²) in [5, 5.41) is 0. The van der Waals surface area contributed by atoms with E-state index in [1.807, 2.05) is 0 Å². The second kappa shape index (κ2) is 5.77. The first-order valence-electron chi connectivity index (χ1n) is 6.62. The van der Waals surface area contributed by atoms with E-state index in [0.717, 1.165) is 3.97 Å². The topological polar surface area (TPSA) is 69.0 Å². The Labute approximate surface area is 132 Å². The second-order valence-electron chi connectivity index (χ2n) is 4.71. The molecule has 0 N–H and O–H groups in total. The fourth-order valence-corrected chi connectivity index (χ4v) is 3.60. The summed E-state index contributed by atoms with van der Waals surface area (Å²) in [6, 6.07) is 9.89. The van der Waals surface area contributed by atoms with Gasteiger partial charge in [-0.2, -0.15) is 0 Å². The van der Waals surface area contributed by atoms with Crippen molar-refractivity contribution in [2.24, 2.45) is 0 Å². The van der Waals surface area contributed by atoms with Crippen LogP contribution in [0, 0.1) is 5.82 Å². The number of pyridine rings is 1. The van der Waals surface area contributed by atoms with Crippen molar-refractivity contribution in [3.63, 3.8) is 0 Å². The van der Waals surface area contributed by atoms with Crippen molar-refractivity contribution in [2.75, 3.05) is 0 Å². The van der Waals surface area contributed by atoms with Gasteiger partial charge in [0.1, 0.15) is 10.7 Å². The van der Waals surface area contributed by atoms with Crippen LogP contribution >= 0.6 is 0 Å². The Morgan fingerprint density at radius 3 is 2.52 bits per heavy atom. The van der Waals surface area contributed by atoms with Crippen LogP contribution in [0.15, 0.2) is 66.0 Å². The number of carbonyl (C=O) groups is 1. The smallest absolute Gasteiger partial charge is 0.269 e. The van der Waals surface area contributed by atoms with E-state index in [0.29, 0.717) is 6.29 Å². The van der Waals surface area contributed by atoms with Gasteiger partial charge in [0.15, 0.2) is 6.29 Å². The molecule has 0 bridgehead atoms. The normalized spacial score (nSPS) is 11.3. The molecule has 0 spiro atoms. The molecule has 0 radical (unpaired) electrons. The molecule has 7 heteroatoms. The van der Waals surface area contributed by atoms with Crippen LogP contribution in [-0.4, -0.2) is 23.7 Å². The Kier molecular flexibility index (Phi) is 3.79. The highest BCUT2D eigenvalue weighted by Gasteiger charge is 2.24. The lowest BCUT2D eigenvalue weighted by Gasteiger charge is -2.11. The van der Waals surface area contributed by atoms with Crippen LogP contribution in [0.25, 0.3) is 11.3 Å². The average molecular weight is 330 g/mol. The van der Waals surface area contributed by atoms with E-state index in [1.165, 1.54) is 55.0 Å². The number of benzene rings is 1. The maximum atomic E-state index is 14.1. The van der Waals surface area contributed by atoms with Crippen molar-refractivity contribution in [3.8, 4) is 11.3 Å². The summed E-state index contributed by atoms with van der Waals surface area (Å²) in [5.41, 5.74) is 0.108. The minimum absolute atomic E-state index is 0.0121. The molecule has 0 aliphatic carbocycles. The number of nitrogens with zero attached hydrogens (tertiary/aromatic N) is 2. The number of halogens is 1. The van der Waals surface area contributed by atoms with Gasteiger partial charge >= 0.3 is 0 Å². The van der Waals surface area contributed by atoms with Crippen LogP contribution in [0.4, 0.5) is 4.39 Å². The van der Waals surface area contributed by atoms with Gasteiger partial charge in [0, 0.05) is 29.7 Å². The fraction of sp³-hybridized carbons (Fsp3) is 0. The van der Waals surface area contributed by atoms with E-state index in [2.05, 4.69) is 4.98 Å². The predicted octanol–water partition coefficient (Wildman–Crippen LogP) is 2.74. The highest BCUT2D eigenvalue weighted by Crippen LogP contribution is 2.29. The molecule has 0 saturated carbocycles. The average Bonchev–Trinajstić information content (AvgIpc) is 3.00. The first-order chi connectivity index (χ1) is 11.1. The monoisotopic (exact) mass is 330 g/mol. The van der Waals surface area contributed by atoms with Gasteiger partial charge in [0.2, 0.25) is 0 Å². The molecule has 2 aromatic heterocycles. The zero-order valence-electron chi connectivity index (χ0n) is 11.8. The largest absolute Gasteiger partial charge is 0.298 e. The lowest BCUT2D eigenvalue weighted by Crippen LogP contribution is -2.14. The molecular weight excluding hydrogens is 319 g/mol. The second-order valence-corrected chi connectivity index (χ2v) is 6.52. The summed E-state index contributed by atoms with van der Waals surface area (Å²) in [7, 11) is -4.00. The molecule has 116 valence electrons. The molecule has 0 aliphatic heterocycles. The lowest BCUT2D eigenvalue weighted by molar-refractivity contribution is 0.112. The SMILES string of the molecule is O=Cc1ccn(S(=O)(=O)c2cccnc2)c1-c1ccccc1F. The van der Waals surface area contributed by atoms with Crippen LogP contribution in [0.5, 0.6) is 0 Å². The minimum atomic E-state index is -4.00. The molecule has 3 aromatic rings. The van der Waals surface area contributed by atoms with Gasteiger partial charge in [-0.3, -0.25) is 9.78 Å². The van der Waals surface area contributed by atoms with E-state index < -0.39 is 15.8 Å². The molecule has 0 atom stereocenters. The fourth-order valence-electron chi connectivity index (χ4n) is 2.26.